The molecule has 0 atom stereocenters. The zero-order valence-electron chi connectivity index (χ0n) is 15.9. The maximum Gasteiger partial charge on any atom is 0.271 e. The van der Waals surface area contributed by atoms with Crippen molar-refractivity contribution in [2.75, 3.05) is 0 Å². The minimum atomic E-state index is -0.219. The highest BCUT2D eigenvalue weighted by molar-refractivity contribution is 6.31. The van der Waals surface area contributed by atoms with Gasteiger partial charge >= 0.3 is 0 Å². The molecule has 1 N–H and O–H groups in total. The Balaban J connectivity index is 1.82. The van der Waals surface area contributed by atoms with E-state index in [-0.39, 0.29) is 5.91 Å². The molecule has 1 amide bonds. The van der Waals surface area contributed by atoms with E-state index in [1.807, 2.05) is 70.2 Å². The minimum absolute atomic E-state index is 0.219. The molecular weight excluding hydrogens is 358 g/mol. The quantitative estimate of drug-likeness (QED) is 0.495. The number of hydrogen-bond acceptors (Lipinski definition) is 2. The van der Waals surface area contributed by atoms with Crippen molar-refractivity contribution < 1.29 is 4.79 Å². The lowest BCUT2D eigenvalue weighted by atomic mass is 10.1. The smallest absolute Gasteiger partial charge is 0.271 e. The van der Waals surface area contributed by atoms with Crippen molar-refractivity contribution in [2.24, 2.45) is 5.10 Å². The molecule has 0 unspecified atom stereocenters. The highest BCUT2D eigenvalue weighted by Crippen LogP contribution is 2.24. The molecule has 0 aliphatic carbocycles. The van der Waals surface area contributed by atoms with Gasteiger partial charge in [-0.1, -0.05) is 35.9 Å². The number of hydrazone groups is 1. The molecular formula is C22H22ClN3O. The molecule has 0 aliphatic rings. The number of halogens is 1. The second-order valence-corrected chi connectivity index (χ2v) is 7.02. The first-order valence-electron chi connectivity index (χ1n) is 8.73. The molecule has 3 rings (SSSR count). The molecule has 0 radical (unpaired) electrons. The third-order valence-corrected chi connectivity index (χ3v) is 5.05. The summed E-state index contributed by atoms with van der Waals surface area (Å²) in [5.74, 6) is -0.219. The van der Waals surface area contributed by atoms with Crippen molar-refractivity contribution in [3.05, 3.63) is 87.2 Å². The molecule has 0 saturated heterocycles. The first-order valence-corrected chi connectivity index (χ1v) is 9.11. The number of aromatic nitrogens is 1. The zero-order valence-corrected chi connectivity index (χ0v) is 16.6. The molecule has 0 saturated carbocycles. The average molecular weight is 380 g/mol. The van der Waals surface area contributed by atoms with Gasteiger partial charge in [-0.25, -0.2) is 5.43 Å². The van der Waals surface area contributed by atoms with E-state index in [1.165, 1.54) is 0 Å². The molecule has 0 fully saturated rings. The highest BCUT2D eigenvalue weighted by atomic mass is 35.5. The summed E-state index contributed by atoms with van der Waals surface area (Å²) in [5, 5.41) is 4.87. The Morgan fingerprint density at radius 3 is 2.48 bits per heavy atom. The summed E-state index contributed by atoms with van der Waals surface area (Å²) in [6, 6.07) is 15.5. The van der Waals surface area contributed by atoms with Crippen LogP contribution < -0.4 is 5.43 Å². The van der Waals surface area contributed by atoms with Crippen molar-refractivity contribution in [1.29, 1.82) is 0 Å². The van der Waals surface area contributed by atoms with Gasteiger partial charge in [0.05, 0.1) is 6.21 Å². The number of nitrogens with one attached hydrogen (secondary N) is 1. The fraction of sp³-hybridized carbons (Fsp3) is 0.182. The van der Waals surface area contributed by atoms with Crippen LogP contribution in [0.3, 0.4) is 0 Å². The van der Waals surface area contributed by atoms with Gasteiger partial charge in [0, 0.05) is 33.2 Å². The number of carbonyl (C=O) groups is 1. The largest absolute Gasteiger partial charge is 0.318 e. The molecule has 5 heteroatoms. The van der Waals surface area contributed by atoms with Gasteiger partial charge in [0.15, 0.2) is 0 Å². The van der Waals surface area contributed by atoms with Crippen molar-refractivity contribution in [3.63, 3.8) is 0 Å². The van der Waals surface area contributed by atoms with E-state index < -0.39 is 0 Å². The summed E-state index contributed by atoms with van der Waals surface area (Å²) >= 11 is 6.28. The van der Waals surface area contributed by atoms with E-state index in [9.17, 15) is 4.79 Å². The Bertz CT molecular complexity index is 1030. The first-order chi connectivity index (χ1) is 12.9. The summed E-state index contributed by atoms with van der Waals surface area (Å²) in [6.45, 7) is 7.94. The van der Waals surface area contributed by atoms with Gasteiger partial charge in [-0.2, -0.15) is 5.10 Å². The Hall–Kier alpha value is -2.85. The third-order valence-electron chi connectivity index (χ3n) is 4.64. The fourth-order valence-electron chi connectivity index (χ4n) is 3.08. The van der Waals surface area contributed by atoms with Crippen molar-refractivity contribution >= 4 is 23.7 Å². The van der Waals surface area contributed by atoms with Crippen LogP contribution in [0.4, 0.5) is 0 Å². The SMILES string of the molecule is Cc1ccc(-n2c(C)cc(/C=N/NC(=O)c3ccccc3C)c2C)cc1Cl. The van der Waals surface area contributed by atoms with Gasteiger partial charge in [0.2, 0.25) is 0 Å². The Labute approximate surface area is 164 Å². The van der Waals surface area contributed by atoms with E-state index in [0.29, 0.717) is 5.56 Å². The summed E-state index contributed by atoms with van der Waals surface area (Å²) < 4.78 is 2.12. The molecule has 0 aliphatic heterocycles. The zero-order chi connectivity index (χ0) is 19.6. The van der Waals surface area contributed by atoms with Gasteiger partial charge in [-0.3, -0.25) is 4.79 Å². The number of amides is 1. The molecule has 0 bridgehead atoms. The van der Waals surface area contributed by atoms with E-state index >= 15 is 0 Å². The van der Waals surface area contributed by atoms with E-state index in [2.05, 4.69) is 15.1 Å². The van der Waals surface area contributed by atoms with Crippen LogP contribution in [0.15, 0.2) is 53.6 Å². The monoisotopic (exact) mass is 379 g/mol. The molecule has 4 nitrogen and oxygen atoms in total. The van der Waals surface area contributed by atoms with Crippen molar-refractivity contribution in [2.45, 2.75) is 27.7 Å². The molecule has 3 aromatic rings. The predicted molar refractivity (Wildman–Crippen MR) is 111 cm³/mol. The third kappa shape index (κ3) is 3.96. The Kier molecular flexibility index (Phi) is 5.47. The molecule has 27 heavy (non-hydrogen) atoms. The Morgan fingerprint density at radius 1 is 1.04 bits per heavy atom. The van der Waals surface area contributed by atoms with Crippen LogP contribution in [0, 0.1) is 27.7 Å². The van der Waals surface area contributed by atoms with Crippen LogP contribution in [-0.2, 0) is 0 Å². The van der Waals surface area contributed by atoms with Crippen molar-refractivity contribution in [1.82, 2.24) is 9.99 Å². The van der Waals surface area contributed by atoms with Crippen LogP contribution in [0.25, 0.3) is 5.69 Å². The van der Waals surface area contributed by atoms with Gasteiger partial charge in [-0.05, 0) is 63.1 Å². The van der Waals surface area contributed by atoms with Gasteiger partial charge in [-0.15, -0.1) is 0 Å². The number of carbonyl (C=O) groups excluding carboxylic acids is 1. The van der Waals surface area contributed by atoms with E-state index in [0.717, 1.165) is 38.8 Å². The maximum absolute atomic E-state index is 12.3. The van der Waals surface area contributed by atoms with Gasteiger partial charge in [0.25, 0.3) is 5.91 Å². The second kappa shape index (κ2) is 7.80. The van der Waals surface area contributed by atoms with Crippen LogP contribution in [-0.4, -0.2) is 16.7 Å². The minimum Gasteiger partial charge on any atom is -0.318 e. The standard InChI is InChI=1S/C22H22ClN3O/c1-14-7-5-6-8-20(14)22(27)25-24-13-18-11-16(3)26(17(18)4)19-10-9-15(2)21(23)12-19/h5-13H,1-4H3,(H,25,27)/b24-13+. The summed E-state index contributed by atoms with van der Waals surface area (Å²) in [5.41, 5.74) is 9.22. The van der Waals surface area contributed by atoms with Crippen LogP contribution >= 0.6 is 11.6 Å². The van der Waals surface area contributed by atoms with E-state index in [4.69, 9.17) is 11.6 Å². The number of rotatable bonds is 4. The first kappa shape index (κ1) is 18.9. The number of hydrogen-bond donors (Lipinski definition) is 1. The highest BCUT2D eigenvalue weighted by Gasteiger charge is 2.11. The molecule has 138 valence electrons. The lowest BCUT2D eigenvalue weighted by molar-refractivity contribution is 0.0954. The topological polar surface area (TPSA) is 46.4 Å². The predicted octanol–water partition coefficient (Wildman–Crippen LogP) is 5.13. The molecule has 1 heterocycles. The van der Waals surface area contributed by atoms with Crippen LogP contribution in [0.5, 0.6) is 0 Å². The molecule has 0 spiro atoms. The number of benzene rings is 2. The lowest BCUT2D eigenvalue weighted by Gasteiger charge is -2.11. The van der Waals surface area contributed by atoms with Crippen molar-refractivity contribution in [3.8, 4) is 5.69 Å². The molecule has 1 aromatic heterocycles. The van der Waals surface area contributed by atoms with Gasteiger partial charge < -0.3 is 4.57 Å². The summed E-state index contributed by atoms with van der Waals surface area (Å²) in [4.78, 5) is 12.3. The lowest BCUT2D eigenvalue weighted by Crippen LogP contribution is -2.18. The fourth-order valence-corrected chi connectivity index (χ4v) is 3.26. The molecule has 2 aromatic carbocycles. The second-order valence-electron chi connectivity index (χ2n) is 6.61. The average Bonchev–Trinajstić information content (AvgIpc) is 2.91. The van der Waals surface area contributed by atoms with E-state index in [1.54, 1.807) is 12.3 Å². The normalized spacial score (nSPS) is 11.1. The van der Waals surface area contributed by atoms with Gasteiger partial charge in [0.1, 0.15) is 0 Å². The number of aryl methyl sites for hydroxylation is 3. The maximum atomic E-state index is 12.3. The summed E-state index contributed by atoms with van der Waals surface area (Å²) in [6.07, 6.45) is 1.67. The Morgan fingerprint density at radius 2 is 1.78 bits per heavy atom. The number of nitrogens with zero attached hydrogens (tertiary/aromatic N) is 2. The van der Waals surface area contributed by atoms with Crippen LogP contribution in [0.1, 0.15) is 38.4 Å². The van der Waals surface area contributed by atoms with Crippen LogP contribution in [0.2, 0.25) is 5.02 Å². The summed E-state index contributed by atoms with van der Waals surface area (Å²) in [7, 11) is 0.